The van der Waals surface area contributed by atoms with E-state index in [0.29, 0.717) is 13.0 Å². The molecule has 2 saturated heterocycles. The first kappa shape index (κ1) is 17.0. The Kier molecular flexibility index (Phi) is 3.94. The number of aryl methyl sites for hydroxylation is 1. The normalized spacial score (nSPS) is 25.7. The van der Waals surface area contributed by atoms with Crippen molar-refractivity contribution in [2.75, 3.05) is 13.1 Å². The summed E-state index contributed by atoms with van der Waals surface area (Å²) in [5.74, 6) is 0.00258. The molecule has 1 atom stereocenters. The smallest absolute Gasteiger partial charge is 0.254 e. The van der Waals surface area contributed by atoms with Gasteiger partial charge in [-0.25, -0.2) is 0 Å². The van der Waals surface area contributed by atoms with Crippen LogP contribution in [0.2, 0.25) is 0 Å². The number of likely N-dealkylation sites (tertiary alicyclic amines) is 1. The van der Waals surface area contributed by atoms with Gasteiger partial charge in [-0.05, 0) is 50.6 Å². The standard InChI is InChI=1S/C18H22N2O3S2/c1-11-7-13-15(25-11)12(9-24-13)8-14(21)20-6-4-5-18(10-20)19-16(22)17(2,3)23-18/h7,9H,4-6,8,10H2,1-3H3,(H,19,22). The van der Waals surface area contributed by atoms with E-state index in [-0.39, 0.29) is 11.8 Å². The van der Waals surface area contributed by atoms with Crippen molar-refractivity contribution in [1.29, 1.82) is 0 Å². The summed E-state index contributed by atoms with van der Waals surface area (Å²) in [6, 6.07) is 2.18. The number of nitrogens with one attached hydrogen (secondary N) is 1. The Labute approximate surface area is 155 Å². The topological polar surface area (TPSA) is 58.6 Å². The van der Waals surface area contributed by atoms with Crippen LogP contribution in [-0.4, -0.2) is 41.1 Å². The SMILES string of the molecule is Cc1cc2scc(CC(=O)N3CCCC4(C3)NC(=O)C(C)(C)O4)c2s1. The molecule has 4 rings (SSSR count). The Morgan fingerprint density at radius 2 is 2.24 bits per heavy atom. The maximum atomic E-state index is 12.9. The van der Waals surface area contributed by atoms with E-state index in [0.717, 1.165) is 24.9 Å². The highest BCUT2D eigenvalue weighted by Gasteiger charge is 2.52. The molecule has 0 saturated carbocycles. The van der Waals surface area contributed by atoms with Crippen LogP contribution < -0.4 is 5.32 Å². The summed E-state index contributed by atoms with van der Waals surface area (Å²) in [6.07, 6.45) is 1.99. The molecule has 0 aliphatic carbocycles. The van der Waals surface area contributed by atoms with Crippen molar-refractivity contribution in [2.45, 2.75) is 51.4 Å². The third-order valence-corrected chi connectivity index (χ3v) is 7.16. The maximum absolute atomic E-state index is 12.9. The molecule has 0 radical (unpaired) electrons. The largest absolute Gasteiger partial charge is 0.338 e. The van der Waals surface area contributed by atoms with E-state index < -0.39 is 11.3 Å². The van der Waals surface area contributed by atoms with Gasteiger partial charge in [0.25, 0.3) is 5.91 Å². The van der Waals surface area contributed by atoms with E-state index in [4.69, 9.17) is 4.74 Å². The number of amides is 2. The lowest BCUT2D eigenvalue weighted by atomic mass is 10.0. The van der Waals surface area contributed by atoms with E-state index in [1.54, 1.807) is 36.5 Å². The second-order valence-corrected chi connectivity index (χ2v) is 9.64. The number of hydrogen-bond acceptors (Lipinski definition) is 5. The van der Waals surface area contributed by atoms with Crippen LogP contribution in [0.5, 0.6) is 0 Å². The number of fused-ring (bicyclic) bond motifs is 1. The van der Waals surface area contributed by atoms with Crippen molar-refractivity contribution >= 4 is 43.9 Å². The Balaban J connectivity index is 1.50. The lowest BCUT2D eigenvalue weighted by molar-refractivity contribution is -0.152. The number of rotatable bonds is 2. The summed E-state index contributed by atoms with van der Waals surface area (Å²) in [5, 5.41) is 5.08. The van der Waals surface area contributed by atoms with Gasteiger partial charge in [-0.1, -0.05) is 0 Å². The zero-order valence-corrected chi connectivity index (χ0v) is 16.3. The quantitative estimate of drug-likeness (QED) is 0.874. The van der Waals surface area contributed by atoms with Gasteiger partial charge in [0.15, 0.2) is 5.72 Å². The zero-order valence-electron chi connectivity index (χ0n) is 14.7. The second-order valence-electron chi connectivity index (χ2n) is 7.47. The number of nitrogens with zero attached hydrogens (tertiary/aromatic N) is 1. The Morgan fingerprint density at radius 3 is 2.96 bits per heavy atom. The predicted molar refractivity (Wildman–Crippen MR) is 100.0 cm³/mol. The third kappa shape index (κ3) is 2.98. The highest BCUT2D eigenvalue weighted by atomic mass is 32.1. The summed E-state index contributed by atoms with van der Waals surface area (Å²) in [7, 11) is 0. The first-order valence-corrected chi connectivity index (χ1v) is 10.2. The summed E-state index contributed by atoms with van der Waals surface area (Å²) >= 11 is 3.45. The molecule has 1 spiro atoms. The van der Waals surface area contributed by atoms with Crippen LogP contribution in [-0.2, 0) is 20.7 Å². The lowest BCUT2D eigenvalue weighted by Crippen LogP contribution is -2.57. The molecule has 134 valence electrons. The molecule has 0 bridgehead atoms. The fraction of sp³-hybridized carbons (Fsp3) is 0.556. The fourth-order valence-electron chi connectivity index (χ4n) is 3.72. The molecule has 2 amide bonds. The number of carbonyl (C=O) groups is 2. The van der Waals surface area contributed by atoms with Crippen molar-refractivity contribution in [3.63, 3.8) is 0 Å². The van der Waals surface area contributed by atoms with E-state index in [9.17, 15) is 9.59 Å². The monoisotopic (exact) mass is 378 g/mol. The van der Waals surface area contributed by atoms with Crippen LogP contribution in [0, 0.1) is 6.92 Å². The number of hydrogen-bond donors (Lipinski definition) is 1. The summed E-state index contributed by atoms with van der Waals surface area (Å²) < 4.78 is 8.52. The summed E-state index contributed by atoms with van der Waals surface area (Å²) in [5.41, 5.74) is -0.447. The molecule has 1 unspecified atom stereocenters. The number of piperidine rings is 1. The number of carbonyl (C=O) groups excluding carboxylic acids is 2. The van der Waals surface area contributed by atoms with Crippen LogP contribution in [0.4, 0.5) is 0 Å². The summed E-state index contributed by atoms with van der Waals surface area (Å²) in [4.78, 5) is 28.1. The molecule has 7 heteroatoms. The van der Waals surface area contributed by atoms with E-state index in [1.807, 2.05) is 4.90 Å². The minimum Gasteiger partial charge on any atom is -0.338 e. The Morgan fingerprint density at radius 1 is 1.44 bits per heavy atom. The molecule has 2 aromatic rings. The van der Waals surface area contributed by atoms with Crippen LogP contribution in [0.15, 0.2) is 11.4 Å². The molecule has 1 N–H and O–H groups in total. The predicted octanol–water partition coefficient (Wildman–Crippen LogP) is 3.06. The highest BCUT2D eigenvalue weighted by molar-refractivity contribution is 7.27. The van der Waals surface area contributed by atoms with Gasteiger partial charge >= 0.3 is 0 Å². The van der Waals surface area contributed by atoms with Crippen molar-refractivity contribution in [2.24, 2.45) is 0 Å². The first-order chi connectivity index (χ1) is 11.8. The molecule has 25 heavy (non-hydrogen) atoms. The molecule has 2 fully saturated rings. The van der Waals surface area contributed by atoms with Crippen LogP contribution in [0.1, 0.15) is 37.1 Å². The minimum atomic E-state index is -0.833. The minimum absolute atomic E-state index is 0.101. The molecule has 5 nitrogen and oxygen atoms in total. The second kappa shape index (κ2) is 5.79. The Hall–Kier alpha value is -1.44. The highest BCUT2D eigenvalue weighted by Crippen LogP contribution is 2.36. The molecule has 2 aliphatic heterocycles. The van der Waals surface area contributed by atoms with Gasteiger partial charge in [0.1, 0.15) is 5.60 Å². The van der Waals surface area contributed by atoms with Crippen LogP contribution >= 0.6 is 22.7 Å². The lowest BCUT2D eigenvalue weighted by Gasteiger charge is -2.40. The van der Waals surface area contributed by atoms with Crippen LogP contribution in [0.25, 0.3) is 9.40 Å². The first-order valence-electron chi connectivity index (χ1n) is 8.55. The van der Waals surface area contributed by atoms with Gasteiger partial charge in [-0.15, -0.1) is 22.7 Å². The molecule has 4 heterocycles. The van der Waals surface area contributed by atoms with Crippen molar-refractivity contribution in [3.8, 4) is 0 Å². The van der Waals surface area contributed by atoms with Crippen molar-refractivity contribution < 1.29 is 14.3 Å². The van der Waals surface area contributed by atoms with Gasteiger partial charge in [-0.3, -0.25) is 9.59 Å². The van der Waals surface area contributed by atoms with Gasteiger partial charge in [0.05, 0.1) is 13.0 Å². The van der Waals surface area contributed by atoms with E-state index >= 15 is 0 Å². The molecule has 0 aromatic carbocycles. The zero-order chi connectivity index (χ0) is 17.8. The average Bonchev–Trinajstić information content (AvgIpc) is 3.12. The van der Waals surface area contributed by atoms with Crippen molar-refractivity contribution in [1.82, 2.24) is 10.2 Å². The van der Waals surface area contributed by atoms with E-state index in [2.05, 4.69) is 23.7 Å². The van der Waals surface area contributed by atoms with Crippen molar-refractivity contribution in [3.05, 3.63) is 21.9 Å². The van der Waals surface area contributed by atoms with Gasteiger partial charge in [-0.2, -0.15) is 0 Å². The molecule has 2 aliphatic rings. The summed E-state index contributed by atoms with van der Waals surface area (Å²) in [6.45, 7) is 6.80. The Bertz CT molecular complexity index is 854. The van der Waals surface area contributed by atoms with Gasteiger partial charge in [0.2, 0.25) is 5.91 Å². The molecular weight excluding hydrogens is 356 g/mol. The maximum Gasteiger partial charge on any atom is 0.254 e. The number of thiophene rings is 2. The van der Waals surface area contributed by atoms with E-state index in [1.165, 1.54) is 14.3 Å². The van der Waals surface area contributed by atoms with Gasteiger partial charge in [0, 0.05) is 20.8 Å². The molecule has 2 aromatic heterocycles. The third-order valence-electron chi connectivity index (χ3n) is 4.93. The van der Waals surface area contributed by atoms with Gasteiger partial charge < -0.3 is 15.0 Å². The fourth-order valence-corrected chi connectivity index (χ4v) is 6.02. The molecular formula is C18H22N2O3S2. The average molecular weight is 379 g/mol. The number of ether oxygens (including phenoxy) is 1. The van der Waals surface area contributed by atoms with Crippen LogP contribution in [0.3, 0.4) is 0 Å².